The second-order valence-electron chi connectivity index (χ2n) is 7.59. The topological polar surface area (TPSA) is 93.2 Å². The zero-order valence-corrected chi connectivity index (χ0v) is 19.0. The number of ether oxygens (including phenoxy) is 2. The van der Waals surface area contributed by atoms with Crippen LogP contribution in [0.25, 0.3) is 0 Å². The summed E-state index contributed by atoms with van der Waals surface area (Å²) in [5.74, 6) is -0.731. The van der Waals surface area contributed by atoms with Crippen LogP contribution in [0, 0.1) is 20.8 Å². The summed E-state index contributed by atoms with van der Waals surface area (Å²) in [6, 6.07) is 10.4. The Labute approximate surface area is 182 Å². The molecule has 2 aromatic rings. The molecule has 0 aliphatic carbocycles. The lowest BCUT2D eigenvalue weighted by Crippen LogP contribution is -2.50. The molecule has 8 nitrogen and oxygen atoms in total. The van der Waals surface area contributed by atoms with Crippen molar-refractivity contribution in [3.05, 3.63) is 53.1 Å². The van der Waals surface area contributed by atoms with Gasteiger partial charge in [0.25, 0.3) is 0 Å². The number of anilines is 1. The molecule has 0 unspecified atom stereocenters. The number of methoxy groups -OCH3 is 1. The number of nitrogens with zero attached hydrogens (tertiary/aromatic N) is 2. The van der Waals surface area contributed by atoms with Crippen molar-refractivity contribution in [2.24, 2.45) is 0 Å². The molecule has 0 aromatic heterocycles. The van der Waals surface area contributed by atoms with E-state index in [0.717, 1.165) is 9.87 Å². The van der Waals surface area contributed by atoms with E-state index in [2.05, 4.69) is 0 Å². The molecule has 9 heteroatoms. The number of rotatable bonds is 5. The predicted molar refractivity (Wildman–Crippen MR) is 116 cm³/mol. The van der Waals surface area contributed by atoms with Gasteiger partial charge >= 0.3 is 5.97 Å². The van der Waals surface area contributed by atoms with Crippen LogP contribution in [0.4, 0.5) is 5.69 Å². The molecule has 1 heterocycles. The number of hydrogen-bond acceptors (Lipinski definition) is 6. The summed E-state index contributed by atoms with van der Waals surface area (Å²) in [6.45, 7) is 4.91. The van der Waals surface area contributed by atoms with Crippen molar-refractivity contribution in [1.82, 2.24) is 4.31 Å². The fraction of sp³-hybridized carbons (Fsp3) is 0.364. The Morgan fingerprint density at radius 1 is 1.16 bits per heavy atom. The average Bonchev–Trinajstić information content (AvgIpc) is 2.71. The highest BCUT2D eigenvalue weighted by Crippen LogP contribution is 2.34. The molecule has 2 aromatic carbocycles. The van der Waals surface area contributed by atoms with E-state index in [0.29, 0.717) is 22.6 Å². The molecule has 31 heavy (non-hydrogen) atoms. The molecule has 0 saturated heterocycles. The van der Waals surface area contributed by atoms with E-state index >= 15 is 0 Å². The van der Waals surface area contributed by atoms with E-state index in [9.17, 15) is 18.0 Å². The standard InChI is InChI=1S/C22H26N2O6S/c1-14-10-15(2)21(16(3)11-14)31(27,28)23(4)13-20(25)24-12-19(22(26)29-5)30-18-9-7-6-8-17(18)24/h6-11,19H,12-13H2,1-5H3/t19-/m0/s1. The molecule has 1 aliphatic rings. The zero-order chi connectivity index (χ0) is 22.9. The summed E-state index contributed by atoms with van der Waals surface area (Å²) in [4.78, 5) is 26.7. The summed E-state index contributed by atoms with van der Waals surface area (Å²) in [7, 11) is -1.29. The third kappa shape index (κ3) is 4.42. The highest BCUT2D eigenvalue weighted by molar-refractivity contribution is 7.89. The summed E-state index contributed by atoms with van der Waals surface area (Å²) < 4.78 is 37.9. The number of benzene rings is 2. The summed E-state index contributed by atoms with van der Waals surface area (Å²) >= 11 is 0. The van der Waals surface area contributed by atoms with Crippen LogP contribution in [0.1, 0.15) is 16.7 Å². The van der Waals surface area contributed by atoms with Crippen molar-refractivity contribution in [3.8, 4) is 5.75 Å². The minimum Gasteiger partial charge on any atom is -0.475 e. The van der Waals surface area contributed by atoms with Crippen LogP contribution in [0.15, 0.2) is 41.3 Å². The average molecular weight is 447 g/mol. The maximum atomic E-state index is 13.2. The lowest BCUT2D eigenvalue weighted by Gasteiger charge is -2.34. The number of sulfonamides is 1. The van der Waals surface area contributed by atoms with Crippen LogP contribution in [0.3, 0.4) is 0 Å². The smallest absolute Gasteiger partial charge is 0.348 e. The number of hydrogen-bond donors (Lipinski definition) is 0. The van der Waals surface area contributed by atoms with Crippen molar-refractivity contribution in [2.45, 2.75) is 31.8 Å². The molecule has 0 saturated carbocycles. The highest BCUT2D eigenvalue weighted by Gasteiger charge is 2.36. The molecular weight excluding hydrogens is 420 g/mol. The predicted octanol–water partition coefficient (Wildman–Crippen LogP) is 2.20. The minimum absolute atomic E-state index is 0.0704. The van der Waals surface area contributed by atoms with Gasteiger partial charge in [-0.3, -0.25) is 4.79 Å². The number of aryl methyl sites for hydroxylation is 3. The first-order valence-corrected chi connectivity index (χ1v) is 11.2. The lowest BCUT2D eigenvalue weighted by molar-refractivity contribution is -0.148. The number of fused-ring (bicyclic) bond motifs is 1. The van der Waals surface area contributed by atoms with Crippen molar-refractivity contribution < 1.29 is 27.5 Å². The molecule has 0 N–H and O–H groups in total. The number of esters is 1. The van der Waals surface area contributed by atoms with Gasteiger partial charge in [0.1, 0.15) is 5.75 Å². The maximum absolute atomic E-state index is 13.2. The largest absolute Gasteiger partial charge is 0.475 e. The fourth-order valence-corrected chi connectivity index (χ4v) is 5.34. The van der Waals surface area contributed by atoms with Crippen LogP contribution < -0.4 is 9.64 Å². The van der Waals surface area contributed by atoms with Crippen LogP contribution in [-0.4, -0.2) is 58.0 Å². The van der Waals surface area contributed by atoms with Crippen LogP contribution >= 0.6 is 0 Å². The monoisotopic (exact) mass is 446 g/mol. The summed E-state index contributed by atoms with van der Waals surface area (Å²) in [6.07, 6.45) is -0.993. The third-order valence-electron chi connectivity index (χ3n) is 5.17. The van der Waals surface area contributed by atoms with Gasteiger partial charge in [0, 0.05) is 7.05 Å². The Balaban J connectivity index is 1.89. The van der Waals surface area contributed by atoms with E-state index in [1.165, 1.54) is 19.1 Å². The van der Waals surface area contributed by atoms with Gasteiger partial charge in [-0.1, -0.05) is 29.8 Å². The molecular formula is C22H26N2O6S. The Morgan fingerprint density at radius 3 is 2.39 bits per heavy atom. The number of carbonyl (C=O) groups excluding carboxylic acids is 2. The first-order valence-electron chi connectivity index (χ1n) is 9.74. The first kappa shape index (κ1) is 22.8. The molecule has 0 radical (unpaired) electrons. The number of likely N-dealkylation sites (N-methyl/N-ethyl adjacent to an activating group) is 1. The molecule has 0 fully saturated rings. The van der Waals surface area contributed by atoms with Crippen LogP contribution in [0.2, 0.25) is 0 Å². The quantitative estimate of drug-likeness (QED) is 0.654. The van der Waals surface area contributed by atoms with Gasteiger partial charge in [-0.05, 0) is 44.0 Å². The van der Waals surface area contributed by atoms with Crippen molar-refractivity contribution >= 4 is 27.6 Å². The maximum Gasteiger partial charge on any atom is 0.348 e. The van der Waals surface area contributed by atoms with Crippen LogP contribution in [-0.2, 0) is 24.3 Å². The lowest BCUT2D eigenvalue weighted by atomic mass is 10.1. The molecule has 1 aliphatic heterocycles. The van der Waals surface area contributed by atoms with E-state index in [4.69, 9.17) is 9.47 Å². The Morgan fingerprint density at radius 2 is 1.77 bits per heavy atom. The van der Waals surface area contributed by atoms with Gasteiger partial charge in [-0.25, -0.2) is 13.2 Å². The number of para-hydroxylation sites is 2. The third-order valence-corrected chi connectivity index (χ3v) is 7.28. The Bertz CT molecular complexity index is 1110. The highest BCUT2D eigenvalue weighted by atomic mass is 32.2. The Hall–Kier alpha value is -2.91. The van der Waals surface area contributed by atoms with Gasteiger partial charge < -0.3 is 14.4 Å². The van der Waals surface area contributed by atoms with Gasteiger partial charge in [0.15, 0.2) is 0 Å². The number of amides is 1. The first-order chi connectivity index (χ1) is 14.6. The molecule has 166 valence electrons. The molecule has 3 rings (SSSR count). The fourth-order valence-electron chi connectivity index (χ4n) is 3.82. The molecule has 0 spiro atoms. The van der Waals surface area contributed by atoms with Gasteiger partial charge in [0.2, 0.25) is 22.0 Å². The van der Waals surface area contributed by atoms with E-state index in [1.54, 1.807) is 50.2 Å². The van der Waals surface area contributed by atoms with Gasteiger partial charge in [0.05, 0.1) is 30.8 Å². The second kappa shape index (κ2) is 8.68. The van der Waals surface area contributed by atoms with E-state index in [-0.39, 0.29) is 11.4 Å². The summed E-state index contributed by atoms with van der Waals surface area (Å²) in [5.41, 5.74) is 2.69. The van der Waals surface area contributed by atoms with Crippen molar-refractivity contribution in [3.63, 3.8) is 0 Å². The molecule has 1 amide bonds. The zero-order valence-electron chi connectivity index (χ0n) is 18.2. The van der Waals surface area contributed by atoms with E-state index < -0.39 is 34.5 Å². The molecule has 0 bridgehead atoms. The summed E-state index contributed by atoms with van der Waals surface area (Å²) in [5, 5.41) is 0. The van der Waals surface area contributed by atoms with Crippen LogP contribution in [0.5, 0.6) is 5.75 Å². The number of carbonyl (C=O) groups is 2. The van der Waals surface area contributed by atoms with Gasteiger partial charge in [-0.2, -0.15) is 4.31 Å². The SMILES string of the molecule is COC(=O)[C@@H]1CN(C(=O)CN(C)S(=O)(=O)c2c(C)cc(C)cc2C)c2ccccc2O1. The van der Waals surface area contributed by atoms with E-state index in [1.807, 2.05) is 6.92 Å². The van der Waals surface area contributed by atoms with Crippen molar-refractivity contribution in [1.29, 1.82) is 0 Å². The minimum atomic E-state index is -3.90. The normalized spacial score (nSPS) is 15.9. The second-order valence-corrected chi connectivity index (χ2v) is 9.57. The van der Waals surface area contributed by atoms with Gasteiger partial charge in [-0.15, -0.1) is 0 Å². The molecule has 1 atom stereocenters. The van der Waals surface area contributed by atoms with Crippen molar-refractivity contribution in [2.75, 3.05) is 32.1 Å². The Kier molecular flexibility index (Phi) is 6.38.